The molecular formula is C18H14FN7O2. The second kappa shape index (κ2) is 6.43. The molecule has 0 aliphatic carbocycles. The third-order valence-electron chi connectivity index (χ3n) is 4.51. The molecule has 0 fully saturated rings. The molecule has 4 heterocycles. The summed E-state index contributed by atoms with van der Waals surface area (Å²) in [5.41, 5.74) is 5.70. The number of nitrogens with zero attached hydrogens (tertiary/aromatic N) is 5. The summed E-state index contributed by atoms with van der Waals surface area (Å²) in [6, 6.07) is 6.63. The Hall–Kier alpha value is -3.79. The van der Waals surface area contributed by atoms with Gasteiger partial charge in [-0.25, -0.2) is 9.37 Å². The van der Waals surface area contributed by atoms with E-state index >= 15 is 0 Å². The van der Waals surface area contributed by atoms with Gasteiger partial charge in [0.1, 0.15) is 12.1 Å². The Morgan fingerprint density at radius 2 is 2.14 bits per heavy atom. The summed E-state index contributed by atoms with van der Waals surface area (Å²) in [4.78, 5) is 19.0. The van der Waals surface area contributed by atoms with Crippen molar-refractivity contribution in [3.8, 4) is 22.8 Å². The van der Waals surface area contributed by atoms with Gasteiger partial charge in [0, 0.05) is 29.6 Å². The number of rotatable bonds is 4. The van der Waals surface area contributed by atoms with Crippen molar-refractivity contribution >= 4 is 11.5 Å². The quantitative estimate of drug-likeness (QED) is 0.558. The van der Waals surface area contributed by atoms with Crippen LogP contribution in [0.4, 0.5) is 10.2 Å². The van der Waals surface area contributed by atoms with Crippen LogP contribution in [0.5, 0.6) is 11.5 Å². The van der Waals surface area contributed by atoms with Crippen molar-refractivity contribution in [2.45, 2.75) is 13.5 Å². The van der Waals surface area contributed by atoms with Crippen molar-refractivity contribution in [3.63, 3.8) is 0 Å². The molecule has 3 aromatic heterocycles. The summed E-state index contributed by atoms with van der Waals surface area (Å²) in [5.74, 6) is 0.763. The van der Waals surface area contributed by atoms with Crippen molar-refractivity contribution < 1.29 is 14.1 Å². The predicted molar refractivity (Wildman–Crippen MR) is 96.9 cm³/mol. The molecule has 0 spiro atoms. The lowest BCUT2D eigenvalue weighted by Crippen LogP contribution is -2.15. The van der Waals surface area contributed by atoms with E-state index in [2.05, 4.69) is 31.1 Å². The molecule has 5 rings (SSSR count). The molecule has 1 aliphatic heterocycles. The van der Waals surface area contributed by atoms with Crippen LogP contribution in [0, 0.1) is 12.7 Å². The largest absolute Gasteiger partial charge is 0.370 e. The van der Waals surface area contributed by atoms with Gasteiger partial charge < -0.3 is 15.0 Å². The molecule has 2 N–H and O–H groups in total. The standard InChI is InChI=1S/C18H14FN7O2/c1-10-11(3-2-6-20-10)14-8-22-17(18-24-23-9-26(14)18)21-7-12-13(19)4-5-15-16(12)28-25-27-15/h2-6,8-9,25H,7H2,1H3,(H,21,22). The summed E-state index contributed by atoms with van der Waals surface area (Å²) in [5, 5.41) is 11.2. The van der Waals surface area contributed by atoms with Crippen LogP contribution in [0.15, 0.2) is 43.0 Å². The summed E-state index contributed by atoms with van der Waals surface area (Å²) in [7, 11) is 0. The van der Waals surface area contributed by atoms with Gasteiger partial charge in [-0.05, 0) is 31.2 Å². The van der Waals surface area contributed by atoms with E-state index in [-0.39, 0.29) is 6.54 Å². The van der Waals surface area contributed by atoms with E-state index in [0.717, 1.165) is 17.0 Å². The topological polar surface area (TPSA) is 98.5 Å². The van der Waals surface area contributed by atoms with E-state index in [1.54, 1.807) is 18.7 Å². The minimum absolute atomic E-state index is 0.126. The van der Waals surface area contributed by atoms with E-state index in [0.29, 0.717) is 28.5 Å². The molecule has 1 aromatic carbocycles. The summed E-state index contributed by atoms with van der Waals surface area (Å²) >= 11 is 0. The lowest BCUT2D eigenvalue weighted by atomic mass is 10.1. The van der Waals surface area contributed by atoms with Crippen LogP contribution in [-0.4, -0.2) is 24.6 Å². The number of pyridine rings is 1. The number of fused-ring (bicyclic) bond motifs is 2. The normalized spacial score (nSPS) is 12.5. The first-order valence-corrected chi connectivity index (χ1v) is 8.47. The Labute approximate surface area is 158 Å². The molecule has 0 atom stereocenters. The number of anilines is 1. The number of halogens is 1. The Bertz CT molecular complexity index is 1190. The summed E-state index contributed by atoms with van der Waals surface area (Å²) in [6.45, 7) is 2.05. The number of benzene rings is 1. The van der Waals surface area contributed by atoms with Gasteiger partial charge in [-0.1, -0.05) is 0 Å². The molecule has 4 aromatic rings. The van der Waals surface area contributed by atoms with Crippen LogP contribution in [-0.2, 0) is 6.54 Å². The predicted octanol–water partition coefficient (Wildman–Crippen LogP) is 2.44. The zero-order chi connectivity index (χ0) is 19.1. The lowest BCUT2D eigenvalue weighted by Gasteiger charge is -2.12. The molecule has 1 aliphatic rings. The van der Waals surface area contributed by atoms with Crippen molar-refractivity contribution in [1.82, 2.24) is 30.2 Å². The van der Waals surface area contributed by atoms with Gasteiger partial charge in [0.05, 0.1) is 17.5 Å². The fraction of sp³-hybridized carbons (Fsp3) is 0.111. The maximum Gasteiger partial charge on any atom is 0.203 e. The lowest BCUT2D eigenvalue weighted by molar-refractivity contribution is 0.0254. The minimum atomic E-state index is -0.418. The van der Waals surface area contributed by atoms with Gasteiger partial charge in [0.2, 0.25) is 11.4 Å². The molecule has 0 amide bonds. The molecule has 28 heavy (non-hydrogen) atoms. The zero-order valence-corrected chi connectivity index (χ0v) is 14.7. The van der Waals surface area contributed by atoms with Gasteiger partial charge >= 0.3 is 0 Å². The first-order valence-electron chi connectivity index (χ1n) is 8.47. The smallest absolute Gasteiger partial charge is 0.203 e. The highest BCUT2D eigenvalue weighted by Gasteiger charge is 2.22. The highest BCUT2D eigenvalue weighted by molar-refractivity contribution is 5.70. The van der Waals surface area contributed by atoms with Crippen molar-refractivity contribution in [2.24, 2.45) is 0 Å². The Balaban J connectivity index is 1.51. The molecule has 9 nitrogen and oxygen atoms in total. The molecule has 0 radical (unpaired) electrons. The number of aryl methyl sites for hydroxylation is 1. The van der Waals surface area contributed by atoms with Crippen LogP contribution in [0.3, 0.4) is 0 Å². The van der Waals surface area contributed by atoms with Crippen molar-refractivity contribution in [3.05, 3.63) is 60.1 Å². The Morgan fingerprint density at radius 1 is 1.21 bits per heavy atom. The SMILES string of the molecule is Cc1ncccc1-c1cnc(NCc2c(F)ccc3c2ONO3)c2nncn12. The minimum Gasteiger partial charge on any atom is -0.370 e. The third-order valence-corrected chi connectivity index (χ3v) is 4.51. The van der Waals surface area contributed by atoms with Crippen molar-refractivity contribution in [1.29, 1.82) is 0 Å². The molecule has 0 bridgehead atoms. The molecule has 140 valence electrons. The highest BCUT2D eigenvalue weighted by Crippen LogP contribution is 2.36. The third kappa shape index (κ3) is 2.58. The average molecular weight is 379 g/mol. The fourth-order valence-corrected chi connectivity index (χ4v) is 3.12. The highest BCUT2D eigenvalue weighted by atomic mass is 19.1. The van der Waals surface area contributed by atoms with Crippen LogP contribution < -0.4 is 20.6 Å². The maximum absolute atomic E-state index is 14.3. The van der Waals surface area contributed by atoms with E-state index in [1.807, 2.05) is 23.5 Å². The molecule has 0 unspecified atom stereocenters. The van der Waals surface area contributed by atoms with E-state index in [9.17, 15) is 4.39 Å². The van der Waals surface area contributed by atoms with E-state index in [1.165, 1.54) is 12.1 Å². The van der Waals surface area contributed by atoms with Crippen LogP contribution in [0.25, 0.3) is 16.9 Å². The second-order valence-corrected chi connectivity index (χ2v) is 6.15. The fourth-order valence-electron chi connectivity index (χ4n) is 3.12. The monoisotopic (exact) mass is 379 g/mol. The van der Waals surface area contributed by atoms with Gasteiger partial charge in [-0.15, -0.1) is 10.2 Å². The first-order chi connectivity index (χ1) is 13.7. The summed E-state index contributed by atoms with van der Waals surface area (Å²) in [6.07, 6.45) is 5.04. The summed E-state index contributed by atoms with van der Waals surface area (Å²) < 4.78 is 16.1. The average Bonchev–Trinajstić information content (AvgIpc) is 3.37. The molecule has 10 heteroatoms. The van der Waals surface area contributed by atoms with Crippen LogP contribution >= 0.6 is 0 Å². The molecular weight excluding hydrogens is 365 g/mol. The van der Waals surface area contributed by atoms with Crippen LogP contribution in [0.2, 0.25) is 0 Å². The van der Waals surface area contributed by atoms with Gasteiger partial charge in [0.25, 0.3) is 0 Å². The first kappa shape index (κ1) is 16.4. The zero-order valence-electron chi connectivity index (χ0n) is 14.7. The molecule has 0 saturated heterocycles. The Morgan fingerprint density at radius 3 is 3.04 bits per heavy atom. The number of hydrogen-bond donors (Lipinski definition) is 2. The number of aromatic nitrogens is 5. The number of hydrogen-bond acceptors (Lipinski definition) is 8. The van der Waals surface area contributed by atoms with Crippen LogP contribution in [0.1, 0.15) is 11.3 Å². The Kier molecular flexibility index (Phi) is 3.76. The van der Waals surface area contributed by atoms with Gasteiger partial charge in [0.15, 0.2) is 11.6 Å². The van der Waals surface area contributed by atoms with E-state index in [4.69, 9.17) is 9.68 Å². The number of nitrogens with one attached hydrogen (secondary N) is 2. The molecule has 0 saturated carbocycles. The van der Waals surface area contributed by atoms with E-state index < -0.39 is 5.82 Å². The van der Waals surface area contributed by atoms with Gasteiger partial charge in [-0.3, -0.25) is 9.38 Å². The van der Waals surface area contributed by atoms with Crippen molar-refractivity contribution in [2.75, 3.05) is 5.32 Å². The second-order valence-electron chi connectivity index (χ2n) is 6.15. The van der Waals surface area contributed by atoms with Gasteiger partial charge in [-0.2, -0.15) is 0 Å². The maximum atomic E-state index is 14.3.